The standard InChI is InChI=1S/C55H106O6/c1-6-8-9-10-11-12-21-26-31-37-42-47-55(58)61-52(49-60-54(57)46-41-36-32-27-28-33-38-43-50(3)4)48-59-53(56)45-40-35-30-25-23-20-18-16-14-13-15-17-19-22-24-29-34-39-44-51(5)7-2/h50-52H,6-49H2,1-5H3/t51?,52-/m0/s1. The second kappa shape index (κ2) is 47.9. The van der Waals surface area contributed by atoms with Crippen molar-refractivity contribution in [2.24, 2.45) is 11.8 Å². The zero-order valence-electron chi connectivity index (χ0n) is 41.8. The van der Waals surface area contributed by atoms with E-state index in [1.54, 1.807) is 0 Å². The monoisotopic (exact) mass is 863 g/mol. The van der Waals surface area contributed by atoms with E-state index in [0.717, 1.165) is 69.6 Å². The molecular weight excluding hydrogens is 757 g/mol. The van der Waals surface area contributed by atoms with Gasteiger partial charge in [0.2, 0.25) is 0 Å². The summed E-state index contributed by atoms with van der Waals surface area (Å²) in [5.41, 5.74) is 0. The minimum Gasteiger partial charge on any atom is -0.462 e. The fraction of sp³-hybridized carbons (Fsp3) is 0.945. The van der Waals surface area contributed by atoms with Crippen molar-refractivity contribution in [3.05, 3.63) is 0 Å². The normalized spacial score (nSPS) is 12.5. The number of unbranched alkanes of at least 4 members (excludes halogenated alkanes) is 33. The third-order valence-electron chi connectivity index (χ3n) is 12.8. The lowest BCUT2D eigenvalue weighted by atomic mass is 9.99. The molecule has 0 saturated heterocycles. The first kappa shape index (κ1) is 59.4. The van der Waals surface area contributed by atoms with E-state index < -0.39 is 6.10 Å². The van der Waals surface area contributed by atoms with Crippen molar-refractivity contribution in [3.8, 4) is 0 Å². The molecule has 0 aromatic heterocycles. The van der Waals surface area contributed by atoms with E-state index in [-0.39, 0.29) is 31.1 Å². The topological polar surface area (TPSA) is 78.9 Å². The molecule has 0 radical (unpaired) electrons. The summed E-state index contributed by atoms with van der Waals surface area (Å²) < 4.78 is 16.8. The quantitative estimate of drug-likeness (QED) is 0.0344. The molecule has 0 aliphatic carbocycles. The smallest absolute Gasteiger partial charge is 0.306 e. The van der Waals surface area contributed by atoms with Gasteiger partial charge in [-0.3, -0.25) is 14.4 Å². The molecule has 61 heavy (non-hydrogen) atoms. The fourth-order valence-corrected chi connectivity index (χ4v) is 8.31. The summed E-state index contributed by atoms with van der Waals surface area (Å²) in [6, 6.07) is 0. The molecule has 2 atom stereocenters. The molecule has 0 amide bonds. The van der Waals surface area contributed by atoms with Crippen molar-refractivity contribution >= 4 is 17.9 Å². The van der Waals surface area contributed by atoms with Crippen LogP contribution in [0.3, 0.4) is 0 Å². The predicted molar refractivity (Wildman–Crippen MR) is 261 cm³/mol. The van der Waals surface area contributed by atoms with E-state index in [1.165, 1.54) is 193 Å². The molecule has 0 N–H and O–H groups in total. The van der Waals surface area contributed by atoms with Gasteiger partial charge in [-0.2, -0.15) is 0 Å². The summed E-state index contributed by atoms with van der Waals surface area (Å²) in [7, 11) is 0. The maximum Gasteiger partial charge on any atom is 0.306 e. The molecule has 0 aromatic rings. The van der Waals surface area contributed by atoms with Gasteiger partial charge < -0.3 is 14.2 Å². The molecule has 0 aliphatic heterocycles. The van der Waals surface area contributed by atoms with Crippen LogP contribution in [0.4, 0.5) is 0 Å². The first-order valence-corrected chi connectivity index (χ1v) is 27.3. The Hall–Kier alpha value is -1.59. The van der Waals surface area contributed by atoms with Crippen LogP contribution in [0.25, 0.3) is 0 Å². The predicted octanol–water partition coefficient (Wildman–Crippen LogP) is 17.7. The zero-order chi connectivity index (χ0) is 44.7. The van der Waals surface area contributed by atoms with E-state index >= 15 is 0 Å². The van der Waals surface area contributed by atoms with Gasteiger partial charge in [-0.15, -0.1) is 0 Å². The van der Waals surface area contributed by atoms with E-state index in [0.29, 0.717) is 19.3 Å². The molecule has 0 aliphatic rings. The average molecular weight is 863 g/mol. The van der Waals surface area contributed by atoms with Gasteiger partial charge in [0.15, 0.2) is 6.10 Å². The Kier molecular flexibility index (Phi) is 46.6. The Bertz CT molecular complexity index is 933. The highest BCUT2D eigenvalue weighted by molar-refractivity contribution is 5.71. The summed E-state index contributed by atoms with van der Waals surface area (Å²) in [5.74, 6) is 0.842. The molecule has 0 rings (SSSR count). The number of hydrogen-bond acceptors (Lipinski definition) is 6. The molecular formula is C55H106O6. The largest absolute Gasteiger partial charge is 0.462 e. The Labute approximate surface area is 380 Å². The molecule has 0 bridgehead atoms. The molecule has 1 unspecified atom stereocenters. The highest BCUT2D eigenvalue weighted by atomic mass is 16.6. The Morgan fingerprint density at radius 3 is 0.934 bits per heavy atom. The van der Waals surface area contributed by atoms with Crippen LogP contribution in [0.1, 0.15) is 304 Å². The van der Waals surface area contributed by atoms with E-state index in [1.807, 2.05) is 0 Å². The lowest BCUT2D eigenvalue weighted by Gasteiger charge is -2.18. The van der Waals surface area contributed by atoms with Gasteiger partial charge in [-0.1, -0.05) is 266 Å². The Morgan fingerprint density at radius 2 is 0.623 bits per heavy atom. The lowest BCUT2D eigenvalue weighted by molar-refractivity contribution is -0.167. The Balaban J connectivity index is 4.16. The maximum absolute atomic E-state index is 12.8. The molecule has 6 nitrogen and oxygen atoms in total. The van der Waals surface area contributed by atoms with Crippen molar-refractivity contribution in [3.63, 3.8) is 0 Å². The van der Waals surface area contributed by atoms with Crippen LogP contribution in [0.2, 0.25) is 0 Å². The third kappa shape index (κ3) is 47.7. The summed E-state index contributed by atoms with van der Waals surface area (Å²) in [5, 5.41) is 0. The molecule has 362 valence electrons. The lowest BCUT2D eigenvalue weighted by Crippen LogP contribution is -2.30. The van der Waals surface area contributed by atoms with Crippen molar-refractivity contribution in [1.82, 2.24) is 0 Å². The average Bonchev–Trinajstić information content (AvgIpc) is 3.24. The van der Waals surface area contributed by atoms with Crippen LogP contribution in [0.15, 0.2) is 0 Å². The minimum atomic E-state index is -0.761. The molecule has 0 fully saturated rings. The highest BCUT2D eigenvalue weighted by Gasteiger charge is 2.19. The van der Waals surface area contributed by atoms with E-state index in [4.69, 9.17) is 14.2 Å². The summed E-state index contributed by atoms with van der Waals surface area (Å²) >= 11 is 0. The summed E-state index contributed by atoms with van der Waals surface area (Å²) in [4.78, 5) is 37.9. The van der Waals surface area contributed by atoms with E-state index in [9.17, 15) is 14.4 Å². The van der Waals surface area contributed by atoms with Crippen molar-refractivity contribution in [2.75, 3.05) is 13.2 Å². The van der Waals surface area contributed by atoms with Crippen LogP contribution in [-0.2, 0) is 28.6 Å². The minimum absolute atomic E-state index is 0.0638. The maximum atomic E-state index is 12.8. The SMILES string of the molecule is CCCCCCCCCCCCCC(=O)O[C@@H](COC(=O)CCCCCCCCCCCCCCCCCCCCC(C)CC)COC(=O)CCCCCCCCCC(C)C. The molecule has 0 aromatic carbocycles. The number of carbonyl (C=O) groups excluding carboxylic acids is 3. The molecule has 0 spiro atoms. The van der Waals surface area contributed by atoms with Gasteiger partial charge in [0, 0.05) is 19.3 Å². The molecule has 6 heteroatoms. The van der Waals surface area contributed by atoms with Gasteiger partial charge >= 0.3 is 17.9 Å². The number of ether oxygens (including phenoxy) is 3. The van der Waals surface area contributed by atoms with Gasteiger partial charge in [0.1, 0.15) is 13.2 Å². The number of esters is 3. The van der Waals surface area contributed by atoms with Crippen molar-refractivity contribution < 1.29 is 28.6 Å². The second-order valence-electron chi connectivity index (χ2n) is 19.6. The van der Waals surface area contributed by atoms with Crippen LogP contribution in [0.5, 0.6) is 0 Å². The first-order chi connectivity index (χ1) is 29.8. The highest BCUT2D eigenvalue weighted by Crippen LogP contribution is 2.18. The van der Waals surface area contributed by atoms with Gasteiger partial charge in [-0.05, 0) is 31.1 Å². The number of carbonyl (C=O) groups is 3. The zero-order valence-corrected chi connectivity index (χ0v) is 41.8. The van der Waals surface area contributed by atoms with Crippen LogP contribution in [0, 0.1) is 11.8 Å². The van der Waals surface area contributed by atoms with Crippen LogP contribution < -0.4 is 0 Å². The van der Waals surface area contributed by atoms with Gasteiger partial charge in [0.25, 0.3) is 0 Å². The third-order valence-corrected chi connectivity index (χ3v) is 12.8. The summed E-state index contributed by atoms with van der Waals surface area (Å²) in [6.45, 7) is 11.4. The van der Waals surface area contributed by atoms with Gasteiger partial charge in [-0.25, -0.2) is 0 Å². The van der Waals surface area contributed by atoms with Gasteiger partial charge in [0.05, 0.1) is 0 Å². The first-order valence-electron chi connectivity index (χ1n) is 27.3. The number of rotatable bonds is 49. The fourth-order valence-electron chi connectivity index (χ4n) is 8.31. The molecule has 0 heterocycles. The Morgan fingerprint density at radius 1 is 0.344 bits per heavy atom. The molecule has 0 saturated carbocycles. The number of hydrogen-bond donors (Lipinski definition) is 0. The van der Waals surface area contributed by atoms with E-state index in [2.05, 4.69) is 34.6 Å². The van der Waals surface area contributed by atoms with Crippen molar-refractivity contribution in [2.45, 2.75) is 310 Å². The summed E-state index contributed by atoms with van der Waals surface area (Å²) in [6.07, 6.45) is 49.6. The van der Waals surface area contributed by atoms with Crippen molar-refractivity contribution in [1.29, 1.82) is 0 Å². The van der Waals surface area contributed by atoms with Crippen LogP contribution >= 0.6 is 0 Å². The van der Waals surface area contributed by atoms with Crippen LogP contribution in [-0.4, -0.2) is 37.2 Å². The second-order valence-corrected chi connectivity index (χ2v) is 19.6.